The van der Waals surface area contributed by atoms with Crippen LogP contribution < -0.4 is 15.0 Å². The number of hydrogen-bond donors (Lipinski definition) is 2. The molecule has 1 fully saturated rings. The van der Waals surface area contributed by atoms with E-state index in [1.165, 1.54) is 6.08 Å². The van der Waals surface area contributed by atoms with Crippen LogP contribution in [0.25, 0.3) is 5.57 Å². The van der Waals surface area contributed by atoms with Crippen molar-refractivity contribution >= 4 is 37.0 Å². The molecule has 4 rings (SSSR count). The zero-order valence-corrected chi connectivity index (χ0v) is 26.9. The molecule has 2 aromatic rings. The summed E-state index contributed by atoms with van der Waals surface area (Å²) in [5.74, 6) is -3.79. The van der Waals surface area contributed by atoms with Crippen LogP contribution in [0.5, 0.6) is 5.88 Å². The highest BCUT2D eigenvalue weighted by molar-refractivity contribution is 6.76. The van der Waals surface area contributed by atoms with Gasteiger partial charge in [0.15, 0.2) is 5.82 Å². The van der Waals surface area contributed by atoms with Crippen molar-refractivity contribution in [2.24, 2.45) is 0 Å². The number of carbonyl (C=O) groups excluding carboxylic acids is 1. The van der Waals surface area contributed by atoms with E-state index in [0.29, 0.717) is 31.7 Å². The molecule has 0 spiro atoms. The van der Waals surface area contributed by atoms with Crippen LogP contribution in [0.15, 0.2) is 24.4 Å². The first kappa shape index (κ1) is 34.2. The highest BCUT2D eigenvalue weighted by atomic mass is 28.3. The second-order valence-electron chi connectivity index (χ2n) is 12.6. The number of pyridine rings is 1. The van der Waals surface area contributed by atoms with Crippen LogP contribution in [0.3, 0.4) is 0 Å². The van der Waals surface area contributed by atoms with Gasteiger partial charge in [0.2, 0.25) is 5.88 Å². The summed E-state index contributed by atoms with van der Waals surface area (Å²) in [6, 6.07) is 2.32. The van der Waals surface area contributed by atoms with Gasteiger partial charge in [-0.2, -0.15) is 13.2 Å². The Morgan fingerprint density at radius 1 is 1.16 bits per heavy atom. The summed E-state index contributed by atoms with van der Waals surface area (Å²) in [5, 5.41) is 11.7. The van der Waals surface area contributed by atoms with E-state index in [0.717, 1.165) is 17.2 Å². The lowest BCUT2D eigenvalue weighted by Gasteiger charge is -2.40. The molecule has 3 heterocycles. The van der Waals surface area contributed by atoms with Crippen molar-refractivity contribution in [1.82, 2.24) is 14.8 Å². The maximum absolute atomic E-state index is 16.4. The van der Waals surface area contributed by atoms with E-state index in [9.17, 15) is 27.9 Å². The number of anilines is 2. The number of carbonyl (C=O) groups is 2. The van der Waals surface area contributed by atoms with Gasteiger partial charge in [-0.25, -0.2) is 18.6 Å². The first-order chi connectivity index (χ1) is 21.0. The minimum absolute atomic E-state index is 0.0344. The summed E-state index contributed by atoms with van der Waals surface area (Å²) >= 11 is 0. The van der Waals surface area contributed by atoms with Gasteiger partial charge in [-0.3, -0.25) is 4.79 Å². The van der Waals surface area contributed by atoms with Crippen molar-refractivity contribution in [2.75, 3.05) is 56.6 Å². The lowest BCUT2D eigenvalue weighted by molar-refractivity contribution is -0.138. The quantitative estimate of drug-likeness (QED) is 0.256. The molecule has 45 heavy (non-hydrogen) atoms. The molecule has 0 unspecified atom stereocenters. The van der Waals surface area contributed by atoms with E-state index in [1.54, 1.807) is 4.90 Å². The fourth-order valence-corrected chi connectivity index (χ4v) is 5.91. The summed E-state index contributed by atoms with van der Waals surface area (Å²) in [4.78, 5) is 33.7. The van der Waals surface area contributed by atoms with Crippen LogP contribution in [0.2, 0.25) is 25.7 Å². The number of benzene rings is 1. The zero-order chi connectivity index (χ0) is 33.3. The Morgan fingerprint density at radius 2 is 1.87 bits per heavy atom. The fraction of sp³-hybridized carbons (Fsp3) is 0.500. The van der Waals surface area contributed by atoms with Gasteiger partial charge in [-0.15, -0.1) is 0 Å². The van der Waals surface area contributed by atoms with Gasteiger partial charge in [0.1, 0.15) is 11.5 Å². The van der Waals surface area contributed by atoms with Crippen molar-refractivity contribution in [3.63, 3.8) is 0 Å². The average Bonchev–Trinajstić information content (AvgIpc) is 2.95. The molecule has 2 amide bonds. The third-order valence-electron chi connectivity index (χ3n) is 8.01. The number of nitrogens with one attached hydrogen (secondary N) is 1. The Balaban J connectivity index is 1.76. The van der Waals surface area contributed by atoms with Crippen LogP contribution >= 0.6 is 0 Å². The molecule has 0 aliphatic carbocycles. The van der Waals surface area contributed by atoms with E-state index >= 15 is 8.78 Å². The number of halogens is 5. The predicted octanol–water partition coefficient (Wildman–Crippen LogP) is 6.26. The monoisotopic (exact) mass is 655 g/mol. The van der Waals surface area contributed by atoms with Crippen molar-refractivity contribution < 1.29 is 41.4 Å². The molecule has 246 valence electrons. The Bertz CT molecular complexity index is 1480. The second kappa shape index (κ2) is 13.3. The van der Waals surface area contributed by atoms with Gasteiger partial charge in [0.25, 0.3) is 5.91 Å². The maximum Gasteiger partial charge on any atom is 0.417 e. The molecule has 2 aliphatic heterocycles. The lowest BCUT2D eigenvalue weighted by Crippen LogP contribution is -2.50. The summed E-state index contributed by atoms with van der Waals surface area (Å²) in [6.07, 6.45) is -3.79. The number of piperazine rings is 1. The molecule has 1 aromatic carbocycles. The molecule has 1 aromatic heterocycles. The number of alkyl halides is 3. The number of aromatic nitrogens is 1. The molecule has 2 N–H and O–H groups in total. The number of hydrogen-bond acceptors (Lipinski definition) is 6. The van der Waals surface area contributed by atoms with E-state index < -0.39 is 60.3 Å². The minimum Gasteiger partial charge on any atom is -0.478 e. The van der Waals surface area contributed by atoms with Crippen LogP contribution in [0.4, 0.5) is 38.1 Å². The highest BCUT2D eigenvalue weighted by Gasteiger charge is 2.37. The van der Waals surface area contributed by atoms with Gasteiger partial charge in [-0.1, -0.05) is 25.7 Å². The first-order valence-electron chi connectivity index (χ1n) is 14.6. The number of nitrogens with zero attached hydrogens (tertiary/aromatic N) is 4. The zero-order valence-electron chi connectivity index (χ0n) is 25.9. The maximum atomic E-state index is 16.4. The second-order valence-corrected chi connectivity index (χ2v) is 18.2. The molecule has 1 saturated heterocycles. The molecular formula is C30H38F5N5O4Si. The van der Waals surface area contributed by atoms with E-state index in [2.05, 4.69) is 29.9 Å². The predicted molar refractivity (Wildman–Crippen MR) is 164 cm³/mol. The van der Waals surface area contributed by atoms with Crippen LogP contribution in [-0.4, -0.2) is 92.4 Å². The number of likely N-dealkylation sites (N-methyl/N-ethyl adjacent to an activating group) is 1. The summed E-state index contributed by atoms with van der Waals surface area (Å²) in [5.41, 5.74) is -3.24. The number of carboxylic acid groups (broad SMARTS) is 1. The SMILES string of the molecule is C[C@@H]1CN(c2cc(F)c(C3=CCCN(C(=O)O)C3)c(F)c2NC(=O)c2cnc(OCC[Si](C)(C)C)cc2C(F)(F)F)CCN1C. The topological polar surface area (TPSA) is 98.2 Å². The van der Waals surface area contributed by atoms with Crippen molar-refractivity contribution in [3.8, 4) is 5.88 Å². The molecule has 2 aliphatic rings. The van der Waals surface area contributed by atoms with Gasteiger partial charge in [0, 0.05) is 65.2 Å². The molecule has 0 bridgehead atoms. The summed E-state index contributed by atoms with van der Waals surface area (Å²) in [6.45, 7) is 9.34. The number of ether oxygens (including phenoxy) is 1. The largest absolute Gasteiger partial charge is 0.478 e. The highest BCUT2D eigenvalue weighted by Crippen LogP contribution is 2.39. The fourth-order valence-electron chi connectivity index (χ4n) is 5.20. The number of amides is 2. The van der Waals surface area contributed by atoms with Crippen molar-refractivity contribution in [1.29, 1.82) is 0 Å². The van der Waals surface area contributed by atoms with Crippen LogP contribution in [-0.2, 0) is 6.18 Å². The minimum atomic E-state index is -4.97. The molecule has 1 atom stereocenters. The Morgan fingerprint density at radius 3 is 2.49 bits per heavy atom. The van der Waals surface area contributed by atoms with E-state index in [4.69, 9.17) is 4.74 Å². The standard InChI is InChI=1S/C30H38F5N5O4Si/c1-18-16-39(10-9-38(18)2)23-14-22(31)25(19-7-6-8-40(17-19)29(42)43)26(32)27(23)37-28(41)20-15-36-24(13-21(20)30(33,34)35)44-11-12-45(3,4)5/h7,13-15,18H,6,8-12,16-17H2,1-5H3,(H,37,41)(H,42,43)/t18-/m1/s1. The molecule has 0 saturated carbocycles. The van der Waals surface area contributed by atoms with Crippen molar-refractivity contribution in [3.05, 3.63) is 52.7 Å². The van der Waals surface area contributed by atoms with E-state index in [1.807, 2.05) is 18.9 Å². The first-order valence-corrected chi connectivity index (χ1v) is 18.3. The molecular weight excluding hydrogens is 617 g/mol. The molecule has 15 heteroatoms. The Hall–Kier alpha value is -3.72. The lowest BCUT2D eigenvalue weighted by atomic mass is 9.97. The van der Waals surface area contributed by atoms with Gasteiger partial charge in [0.05, 0.1) is 29.0 Å². The van der Waals surface area contributed by atoms with E-state index in [-0.39, 0.29) is 49.3 Å². The Labute approximate surface area is 259 Å². The average molecular weight is 656 g/mol. The van der Waals surface area contributed by atoms with Crippen LogP contribution in [0.1, 0.15) is 34.8 Å². The van der Waals surface area contributed by atoms with Gasteiger partial charge < -0.3 is 29.9 Å². The number of rotatable bonds is 8. The van der Waals surface area contributed by atoms with Crippen LogP contribution in [0, 0.1) is 11.6 Å². The molecule has 0 radical (unpaired) electrons. The summed E-state index contributed by atoms with van der Waals surface area (Å²) in [7, 11) is 0.350. The van der Waals surface area contributed by atoms with Crippen molar-refractivity contribution in [2.45, 2.75) is 51.2 Å². The summed E-state index contributed by atoms with van der Waals surface area (Å²) < 4.78 is 80.0. The third kappa shape index (κ3) is 8.11. The smallest absolute Gasteiger partial charge is 0.417 e. The third-order valence-corrected chi connectivity index (χ3v) is 9.71. The normalized spacial score (nSPS) is 18.1. The van der Waals surface area contributed by atoms with Gasteiger partial charge >= 0.3 is 12.3 Å². The van der Waals surface area contributed by atoms with Gasteiger partial charge in [-0.05, 0) is 32.0 Å². The Kier molecular flexibility index (Phi) is 10.1. The molecule has 9 nitrogen and oxygen atoms in total.